The Hall–Kier alpha value is -2.31. The van der Waals surface area contributed by atoms with Crippen molar-refractivity contribution in [2.24, 2.45) is 0 Å². The minimum atomic E-state index is -0.544. The lowest BCUT2D eigenvalue weighted by Crippen LogP contribution is -2.40. The first kappa shape index (κ1) is 17.1. The predicted octanol–water partition coefficient (Wildman–Crippen LogP) is 3.01. The molecule has 0 radical (unpaired) electrons. The molecular formula is C16H23N3O4. The summed E-state index contributed by atoms with van der Waals surface area (Å²) in [6.45, 7) is 8.44. The van der Waals surface area contributed by atoms with Gasteiger partial charge in [-0.15, -0.1) is 0 Å². The lowest BCUT2D eigenvalue weighted by Gasteiger charge is -2.22. The van der Waals surface area contributed by atoms with E-state index in [-0.39, 0.29) is 16.7 Å². The molecule has 1 saturated heterocycles. The average Bonchev–Trinajstić information content (AvgIpc) is 2.84. The lowest BCUT2D eigenvalue weighted by atomic mass is 10.2. The highest BCUT2D eigenvalue weighted by Gasteiger charge is 2.29. The molecule has 0 bridgehead atoms. The fourth-order valence-corrected chi connectivity index (χ4v) is 2.62. The number of hydrogen-bond donors (Lipinski definition) is 1. The standard InChI is InChI=1S/C16H23N3O4/c1-11-5-6-13(14(9-11)19(21)22)18-8-7-12(10-18)17-15(20)23-16(2,3)4/h5-6,9,12H,7-8,10H2,1-4H3,(H,17,20)/t12-/m1/s1. The van der Waals surface area contributed by atoms with E-state index in [0.717, 1.165) is 12.0 Å². The van der Waals surface area contributed by atoms with Gasteiger partial charge in [-0.05, 0) is 45.7 Å². The van der Waals surface area contributed by atoms with Crippen LogP contribution in [0.2, 0.25) is 0 Å². The molecule has 0 unspecified atom stereocenters. The second-order valence-electron chi connectivity index (χ2n) is 6.83. The monoisotopic (exact) mass is 321 g/mol. The summed E-state index contributed by atoms with van der Waals surface area (Å²) in [4.78, 5) is 24.6. The molecule has 0 aromatic heterocycles. The van der Waals surface area contributed by atoms with Crippen molar-refractivity contribution in [2.75, 3.05) is 18.0 Å². The number of nitro benzene ring substituents is 1. The Morgan fingerprint density at radius 1 is 1.43 bits per heavy atom. The number of alkyl carbamates (subject to hydrolysis) is 1. The van der Waals surface area contributed by atoms with Gasteiger partial charge in [-0.3, -0.25) is 10.1 Å². The summed E-state index contributed by atoms with van der Waals surface area (Å²) in [7, 11) is 0. The van der Waals surface area contributed by atoms with Gasteiger partial charge in [-0.2, -0.15) is 0 Å². The Morgan fingerprint density at radius 2 is 2.13 bits per heavy atom. The number of rotatable bonds is 3. The van der Waals surface area contributed by atoms with E-state index in [4.69, 9.17) is 4.74 Å². The van der Waals surface area contributed by atoms with E-state index >= 15 is 0 Å². The van der Waals surface area contributed by atoms with Crippen LogP contribution in [0.4, 0.5) is 16.2 Å². The molecular weight excluding hydrogens is 298 g/mol. The molecule has 1 aromatic carbocycles. The van der Waals surface area contributed by atoms with Gasteiger partial charge in [0.05, 0.1) is 11.0 Å². The van der Waals surface area contributed by atoms with Gasteiger partial charge in [0.15, 0.2) is 0 Å². The lowest BCUT2D eigenvalue weighted by molar-refractivity contribution is -0.384. The molecule has 7 heteroatoms. The number of nitrogens with zero attached hydrogens (tertiary/aromatic N) is 2. The van der Waals surface area contributed by atoms with Gasteiger partial charge in [-0.1, -0.05) is 6.07 Å². The van der Waals surface area contributed by atoms with Gasteiger partial charge >= 0.3 is 6.09 Å². The molecule has 7 nitrogen and oxygen atoms in total. The molecule has 1 atom stereocenters. The van der Waals surface area contributed by atoms with Crippen molar-refractivity contribution in [3.63, 3.8) is 0 Å². The number of benzene rings is 1. The van der Waals surface area contributed by atoms with Gasteiger partial charge in [0.1, 0.15) is 11.3 Å². The highest BCUT2D eigenvalue weighted by atomic mass is 16.6. The van der Waals surface area contributed by atoms with E-state index in [0.29, 0.717) is 18.8 Å². The number of carbonyl (C=O) groups is 1. The third-order valence-electron chi connectivity index (χ3n) is 3.58. The van der Waals surface area contributed by atoms with Crippen LogP contribution in [-0.2, 0) is 4.74 Å². The Balaban J connectivity index is 2.03. The Bertz CT molecular complexity index is 610. The van der Waals surface area contributed by atoms with Crippen molar-refractivity contribution in [1.29, 1.82) is 0 Å². The molecule has 0 aliphatic carbocycles. The highest BCUT2D eigenvalue weighted by molar-refractivity contribution is 5.69. The normalized spacial score (nSPS) is 17.9. The molecule has 126 valence electrons. The molecule has 1 aromatic rings. The SMILES string of the molecule is Cc1ccc(N2CC[C@@H](NC(=O)OC(C)(C)C)C2)c([N+](=O)[O-])c1. The Kier molecular flexibility index (Phi) is 4.77. The van der Waals surface area contributed by atoms with E-state index in [2.05, 4.69) is 5.32 Å². The van der Waals surface area contributed by atoms with Crippen LogP contribution in [0.5, 0.6) is 0 Å². The van der Waals surface area contributed by atoms with Crippen molar-refractivity contribution in [1.82, 2.24) is 5.32 Å². The Labute approximate surface area is 135 Å². The number of amides is 1. The predicted molar refractivity (Wildman–Crippen MR) is 87.8 cm³/mol. The van der Waals surface area contributed by atoms with Gasteiger partial charge in [0, 0.05) is 19.2 Å². The largest absolute Gasteiger partial charge is 0.444 e. The third-order valence-corrected chi connectivity index (χ3v) is 3.58. The van der Waals surface area contributed by atoms with Crippen molar-refractivity contribution >= 4 is 17.5 Å². The van der Waals surface area contributed by atoms with E-state index in [1.54, 1.807) is 12.1 Å². The highest BCUT2D eigenvalue weighted by Crippen LogP contribution is 2.31. The summed E-state index contributed by atoms with van der Waals surface area (Å²) in [5, 5.41) is 14.1. The fraction of sp³-hybridized carbons (Fsp3) is 0.562. The van der Waals surface area contributed by atoms with Crippen molar-refractivity contribution in [3.05, 3.63) is 33.9 Å². The summed E-state index contributed by atoms with van der Waals surface area (Å²) >= 11 is 0. The van der Waals surface area contributed by atoms with Crippen LogP contribution in [-0.4, -0.2) is 35.7 Å². The van der Waals surface area contributed by atoms with Crippen LogP contribution >= 0.6 is 0 Å². The second kappa shape index (κ2) is 6.44. The maximum atomic E-state index is 11.8. The van der Waals surface area contributed by atoms with Gasteiger partial charge in [0.2, 0.25) is 0 Å². The zero-order valence-corrected chi connectivity index (χ0v) is 14.0. The first-order chi connectivity index (χ1) is 10.7. The van der Waals surface area contributed by atoms with Crippen molar-refractivity contribution in [2.45, 2.75) is 45.8 Å². The molecule has 1 aliphatic rings. The zero-order valence-electron chi connectivity index (χ0n) is 14.0. The average molecular weight is 321 g/mol. The number of ether oxygens (including phenoxy) is 1. The van der Waals surface area contributed by atoms with Crippen LogP contribution in [0.25, 0.3) is 0 Å². The van der Waals surface area contributed by atoms with Crippen LogP contribution in [0.3, 0.4) is 0 Å². The summed E-state index contributed by atoms with van der Waals surface area (Å²) in [5.41, 5.74) is 0.998. The van der Waals surface area contributed by atoms with Crippen LogP contribution in [0, 0.1) is 17.0 Å². The maximum Gasteiger partial charge on any atom is 0.407 e. The van der Waals surface area contributed by atoms with Crippen molar-refractivity contribution < 1.29 is 14.5 Å². The maximum absolute atomic E-state index is 11.8. The van der Waals surface area contributed by atoms with Crippen LogP contribution < -0.4 is 10.2 Å². The number of hydrogen-bond acceptors (Lipinski definition) is 5. The summed E-state index contributed by atoms with van der Waals surface area (Å²) in [5.74, 6) is 0. The Morgan fingerprint density at radius 3 is 2.74 bits per heavy atom. The van der Waals surface area contributed by atoms with Crippen LogP contribution in [0.15, 0.2) is 18.2 Å². The quantitative estimate of drug-likeness (QED) is 0.683. The first-order valence-corrected chi connectivity index (χ1v) is 7.65. The number of nitrogens with one attached hydrogen (secondary N) is 1. The van der Waals surface area contributed by atoms with Gasteiger partial charge in [-0.25, -0.2) is 4.79 Å². The van der Waals surface area contributed by atoms with Crippen molar-refractivity contribution in [3.8, 4) is 0 Å². The van der Waals surface area contributed by atoms with E-state index in [1.165, 1.54) is 0 Å². The summed E-state index contributed by atoms with van der Waals surface area (Å²) in [6.07, 6.45) is 0.271. The third kappa shape index (κ3) is 4.58. The van der Waals surface area contributed by atoms with E-state index < -0.39 is 11.7 Å². The molecule has 2 rings (SSSR count). The fourth-order valence-electron chi connectivity index (χ4n) is 2.62. The molecule has 0 spiro atoms. The summed E-state index contributed by atoms with van der Waals surface area (Å²) < 4.78 is 5.24. The zero-order chi connectivity index (χ0) is 17.2. The van der Waals surface area contributed by atoms with E-state index in [1.807, 2.05) is 38.7 Å². The molecule has 23 heavy (non-hydrogen) atoms. The molecule has 1 heterocycles. The number of aryl methyl sites for hydroxylation is 1. The molecule has 1 N–H and O–H groups in total. The van der Waals surface area contributed by atoms with Crippen LogP contribution in [0.1, 0.15) is 32.8 Å². The topological polar surface area (TPSA) is 84.7 Å². The molecule has 1 fully saturated rings. The number of carbonyl (C=O) groups excluding carboxylic acids is 1. The summed E-state index contributed by atoms with van der Waals surface area (Å²) in [6, 6.07) is 5.12. The first-order valence-electron chi connectivity index (χ1n) is 7.65. The number of nitro groups is 1. The van der Waals surface area contributed by atoms with E-state index in [9.17, 15) is 14.9 Å². The second-order valence-corrected chi connectivity index (χ2v) is 6.83. The smallest absolute Gasteiger partial charge is 0.407 e. The molecule has 0 saturated carbocycles. The molecule has 1 aliphatic heterocycles. The number of anilines is 1. The minimum Gasteiger partial charge on any atom is -0.444 e. The van der Waals surface area contributed by atoms with Gasteiger partial charge < -0.3 is 15.0 Å². The molecule has 1 amide bonds. The minimum absolute atomic E-state index is 0.0780. The van der Waals surface area contributed by atoms with Gasteiger partial charge in [0.25, 0.3) is 5.69 Å².